The van der Waals surface area contributed by atoms with Crippen molar-refractivity contribution in [2.24, 2.45) is 0 Å². The number of hydrogen-bond acceptors (Lipinski definition) is 5. The number of hydrogen-bond donors (Lipinski definition) is 3. The number of ether oxygens (including phenoxy) is 2. The molecule has 0 heterocycles. The predicted octanol–water partition coefficient (Wildman–Crippen LogP) is 2.54. The highest BCUT2D eigenvalue weighted by Gasteiger charge is 2.08. The molecule has 0 aliphatic heterocycles. The SMILES string of the molecule is COCCOc1ccc(C(=O)NC(=S)Nc2ccc(O)cc2)cc1. The van der Waals surface area contributed by atoms with Crippen LogP contribution in [0.3, 0.4) is 0 Å². The van der Waals surface area contributed by atoms with Crippen molar-refractivity contribution >= 4 is 28.9 Å². The van der Waals surface area contributed by atoms with E-state index in [0.717, 1.165) is 0 Å². The van der Waals surface area contributed by atoms with E-state index in [0.29, 0.717) is 30.2 Å². The summed E-state index contributed by atoms with van der Waals surface area (Å²) in [5, 5.41) is 14.9. The molecule has 0 saturated carbocycles. The summed E-state index contributed by atoms with van der Waals surface area (Å²) in [6, 6.07) is 13.1. The summed E-state index contributed by atoms with van der Waals surface area (Å²) >= 11 is 5.10. The summed E-state index contributed by atoms with van der Waals surface area (Å²) in [5.74, 6) is 0.492. The van der Waals surface area contributed by atoms with Gasteiger partial charge in [0.15, 0.2) is 5.11 Å². The third kappa shape index (κ3) is 5.53. The number of phenols is 1. The van der Waals surface area contributed by atoms with E-state index in [-0.39, 0.29) is 16.8 Å². The number of methoxy groups -OCH3 is 1. The molecule has 0 spiro atoms. The van der Waals surface area contributed by atoms with Gasteiger partial charge in [0.1, 0.15) is 18.1 Å². The summed E-state index contributed by atoms with van der Waals surface area (Å²) in [6.07, 6.45) is 0. The first-order valence-corrected chi connectivity index (χ1v) is 7.62. The van der Waals surface area contributed by atoms with Crippen molar-refractivity contribution in [1.29, 1.82) is 0 Å². The van der Waals surface area contributed by atoms with E-state index < -0.39 is 0 Å². The van der Waals surface area contributed by atoms with Gasteiger partial charge in [-0.3, -0.25) is 10.1 Å². The van der Waals surface area contributed by atoms with E-state index in [1.807, 2.05) is 0 Å². The highest BCUT2D eigenvalue weighted by atomic mass is 32.1. The van der Waals surface area contributed by atoms with Crippen molar-refractivity contribution in [3.63, 3.8) is 0 Å². The fourth-order valence-electron chi connectivity index (χ4n) is 1.83. The van der Waals surface area contributed by atoms with Crippen LogP contribution in [0.2, 0.25) is 0 Å². The maximum Gasteiger partial charge on any atom is 0.257 e. The number of thiocarbonyl (C=S) groups is 1. The van der Waals surface area contributed by atoms with Crippen LogP contribution in [0.5, 0.6) is 11.5 Å². The number of carbonyl (C=O) groups is 1. The first kappa shape index (κ1) is 17.7. The Morgan fingerprint density at radius 1 is 1.08 bits per heavy atom. The number of rotatable bonds is 6. The zero-order valence-corrected chi connectivity index (χ0v) is 13.9. The predicted molar refractivity (Wildman–Crippen MR) is 95.6 cm³/mol. The van der Waals surface area contributed by atoms with Gasteiger partial charge in [-0.25, -0.2) is 0 Å². The fraction of sp³-hybridized carbons (Fsp3) is 0.176. The van der Waals surface area contributed by atoms with Gasteiger partial charge in [-0.1, -0.05) is 0 Å². The van der Waals surface area contributed by atoms with Gasteiger partial charge in [-0.2, -0.15) is 0 Å². The molecule has 7 heteroatoms. The van der Waals surface area contributed by atoms with Gasteiger partial charge in [0, 0.05) is 18.4 Å². The van der Waals surface area contributed by atoms with Crippen LogP contribution in [0.15, 0.2) is 48.5 Å². The average molecular weight is 346 g/mol. The van der Waals surface area contributed by atoms with Crippen LogP contribution in [-0.2, 0) is 4.74 Å². The maximum absolute atomic E-state index is 12.1. The molecule has 2 aromatic carbocycles. The lowest BCUT2D eigenvalue weighted by Gasteiger charge is -2.10. The first-order valence-electron chi connectivity index (χ1n) is 7.21. The number of carbonyl (C=O) groups excluding carboxylic acids is 1. The van der Waals surface area contributed by atoms with Gasteiger partial charge in [0.05, 0.1) is 6.61 Å². The summed E-state index contributed by atoms with van der Waals surface area (Å²) in [6.45, 7) is 0.947. The normalized spacial score (nSPS) is 10.0. The van der Waals surface area contributed by atoms with Crippen molar-refractivity contribution in [3.05, 3.63) is 54.1 Å². The first-order chi connectivity index (χ1) is 11.6. The number of benzene rings is 2. The van der Waals surface area contributed by atoms with Crippen LogP contribution in [0, 0.1) is 0 Å². The molecule has 0 aliphatic rings. The van der Waals surface area contributed by atoms with Crippen LogP contribution in [-0.4, -0.2) is 36.4 Å². The molecule has 0 aliphatic carbocycles. The second-order valence-corrected chi connectivity index (χ2v) is 5.23. The van der Waals surface area contributed by atoms with Gasteiger partial charge in [0.25, 0.3) is 5.91 Å². The Hall–Kier alpha value is -2.64. The minimum Gasteiger partial charge on any atom is -0.508 e. The molecule has 0 unspecified atom stereocenters. The smallest absolute Gasteiger partial charge is 0.257 e. The minimum atomic E-state index is -0.324. The van der Waals surface area contributed by atoms with Gasteiger partial charge in [-0.15, -0.1) is 0 Å². The Morgan fingerprint density at radius 2 is 1.75 bits per heavy atom. The third-order valence-electron chi connectivity index (χ3n) is 3.02. The van der Waals surface area contributed by atoms with Crippen LogP contribution >= 0.6 is 12.2 Å². The molecule has 6 nitrogen and oxygen atoms in total. The second-order valence-electron chi connectivity index (χ2n) is 4.82. The molecular weight excluding hydrogens is 328 g/mol. The Labute approximate surface area is 145 Å². The summed E-state index contributed by atoms with van der Waals surface area (Å²) < 4.78 is 10.3. The molecule has 0 atom stereocenters. The largest absolute Gasteiger partial charge is 0.508 e. The van der Waals surface area contributed by atoms with Crippen LogP contribution < -0.4 is 15.4 Å². The molecule has 1 amide bonds. The number of nitrogens with one attached hydrogen (secondary N) is 2. The molecule has 0 fully saturated rings. The quantitative estimate of drug-likeness (QED) is 0.424. The number of phenolic OH excluding ortho intramolecular Hbond substituents is 1. The number of anilines is 1. The lowest BCUT2D eigenvalue weighted by atomic mass is 10.2. The van der Waals surface area contributed by atoms with Crippen LogP contribution in [0.1, 0.15) is 10.4 Å². The van der Waals surface area contributed by atoms with E-state index >= 15 is 0 Å². The highest BCUT2D eigenvalue weighted by molar-refractivity contribution is 7.80. The maximum atomic E-state index is 12.1. The Kier molecular flexibility index (Phi) is 6.53. The number of amides is 1. The van der Waals surface area contributed by atoms with Gasteiger partial charge >= 0.3 is 0 Å². The molecule has 0 bridgehead atoms. The van der Waals surface area contributed by atoms with Crippen molar-refractivity contribution in [2.45, 2.75) is 0 Å². The summed E-state index contributed by atoms with van der Waals surface area (Å²) in [4.78, 5) is 12.1. The molecule has 0 saturated heterocycles. The molecule has 2 aromatic rings. The molecular formula is C17H18N2O4S. The molecule has 126 valence electrons. The lowest BCUT2D eigenvalue weighted by molar-refractivity contribution is 0.0977. The Morgan fingerprint density at radius 3 is 2.38 bits per heavy atom. The lowest BCUT2D eigenvalue weighted by Crippen LogP contribution is -2.34. The van der Waals surface area contributed by atoms with E-state index in [4.69, 9.17) is 21.7 Å². The zero-order valence-electron chi connectivity index (χ0n) is 13.1. The average Bonchev–Trinajstić information content (AvgIpc) is 2.58. The highest BCUT2D eigenvalue weighted by Crippen LogP contribution is 2.14. The van der Waals surface area contributed by atoms with E-state index in [2.05, 4.69) is 10.6 Å². The van der Waals surface area contributed by atoms with Crippen molar-refractivity contribution in [3.8, 4) is 11.5 Å². The monoisotopic (exact) mass is 346 g/mol. The molecule has 0 aromatic heterocycles. The van der Waals surface area contributed by atoms with Gasteiger partial charge in [0.2, 0.25) is 0 Å². The fourth-order valence-corrected chi connectivity index (χ4v) is 2.04. The van der Waals surface area contributed by atoms with Gasteiger partial charge < -0.3 is 19.9 Å². The summed E-state index contributed by atoms with van der Waals surface area (Å²) in [5.41, 5.74) is 1.13. The van der Waals surface area contributed by atoms with E-state index in [1.54, 1.807) is 43.5 Å². The molecule has 24 heavy (non-hydrogen) atoms. The Bertz CT molecular complexity index is 687. The molecule has 0 radical (unpaired) electrons. The topological polar surface area (TPSA) is 79.8 Å². The Balaban J connectivity index is 1.86. The standard InChI is InChI=1S/C17H18N2O4S/c1-22-10-11-23-15-8-2-12(3-9-15)16(21)19-17(24)18-13-4-6-14(20)7-5-13/h2-9,20H,10-11H2,1H3,(H2,18,19,21,24). The van der Waals surface area contributed by atoms with E-state index in [1.165, 1.54) is 12.1 Å². The van der Waals surface area contributed by atoms with Crippen LogP contribution in [0.25, 0.3) is 0 Å². The number of aromatic hydroxyl groups is 1. The van der Waals surface area contributed by atoms with Gasteiger partial charge in [-0.05, 0) is 60.7 Å². The minimum absolute atomic E-state index is 0.156. The van der Waals surface area contributed by atoms with E-state index in [9.17, 15) is 9.90 Å². The molecule has 3 N–H and O–H groups in total. The molecule has 2 rings (SSSR count). The van der Waals surface area contributed by atoms with Crippen LogP contribution in [0.4, 0.5) is 5.69 Å². The summed E-state index contributed by atoms with van der Waals surface area (Å²) in [7, 11) is 1.60. The third-order valence-corrected chi connectivity index (χ3v) is 3.23. The van der Waals surface area contributed by atoms with Crippen molar-refractivity contribution in [2.75, 3.05) is 25.6 Å². The van der Waals surface area contributed by atoms with Crippen molar-refractivity contribution < 1.29 is 19.4 Å². The zero-order chi connectivity index (χ0) is 17.4. The second kappa shape index (κ2) is 8.85. The van der Waals surface area contributed by atoms with Crippen molar-refractivity contribution in [1.82, 2.24) is 5.32 Å².